The fraction of sp³-hybridized carbons (Fsp3) is 0.750. The predicted octanol–water partition coefficient (Wildman–Crippen LogP) is 1.84. The summed E-state index contributed by atoms with van der Waals surface area (Å²) >= 11 is 0. The number of nitrogens with zero attached hydrogens (tertiary/aromatic N) is 2. The summed E-state index contributed by atoms with van der Waals surface area (Å²) in [6.45, 7) is 9.80. The van der Waals surface area contributed by atoms with E-state index in [1.165, 1.54) is 6.26 Å². The summed E-state index contributed by atoms with van der Waals surface area (Å²) in [4.78, 5) is 4.37. The molecule has 0 atom stereocenters. The van der Waals surface area contributed by atoms with Gasteiger partial charge in [0.2, 0.25) is 5.95 Å². The van der Waals surface area contributed by atoms with E-state index in [-0.39, 0.29) is 6.04 Å². The Balaban J connectivity index is 3.04. The minimum absolute atomic E-state index is 0.256. The van der Waals surface area contributed by atoms with Crippen molar-refractivity contribution < 1.29 is 8.42 Å². The second-order valence-electron chi connectivity index (χ2n) is 5.66. The number of hydrogen-bond acceptors (Lipinski definition) is 4. The van der Waals surface area contributed by atoms with Gasteiger partial charge in [-0.25, -0.2) is 13.4 Å². The quantitative estimate of drug-likeness (QED) is 0.889. The molecular formula is C12H23N3O2S. The molecule has 0 spiro atoms. The monoisotopic (exact) mass is 273 g/mol. The average molecular weight is 273 g/mol. The van der Waals surface area contributed by atoms with E-state index < -0.39 is 14.6 Å². The predicted molar refractivity (Wildman–Crippen MR) is 74.6 cm³/mol. The van der Waals surface area contributed by atoms with Crippen LogP contribution in [0.1, 0.15) is 33.4 Å². The fourth-order valence-corrected chi connectivity index (χ4v) is 1.94. The molecule has 1 aromatic heterocycles. The highest BCUT2D eigenvalue weighted by Crippen LogP contribution is 2.21. The van der Waals surface area contributed by atoms with Gasteiger partial charge in [-0.15, -0.1) is 0 Å². The Hall–Kier alpha value is -1.04. The van der Waals surface area contributed by atoms with E-state index in [2.05, 4.69) is 10.3 Å². The summed E-state index contributed by atoms with van der Waals surface area (Å²) in [6, 6.07) is 0.256. The summed E-state index contributed by atoms with van der Waals surface area (Å²) in [6.07, 6.45) is 3.14. The van der Waals surface area contributed by atoms with Gasteiger partial charge < -0.3 is 9.88 Å². The maximum Gasteiger partial charge on any atom is 0.203 e. The lowest BCUT2D eigenvalue weighted by Crippen LogP contribution is -2.36. The van der Waals surface area contributed by atoms with Crippen LogP contribution in [0.25, 0.3) is 0 Å². The van der Waals surface area contributed by atoms with Crippen molar-refractivity contribution in [2.45, 2.75) is 52.0 Å². The molecule has 0 aliphatic rings. The van der Waals surface area contributed by atoms with E-state index in [0.29, 0.717) is 6.54 Å². The normalized spacial score (nSPS) is 13.1. The first-order chi connectivity index (χ1) is 8.03. The van der Waals surface area contributed by atoms with Crippen LogP contribution >= 0.6 is 0 Å². The molecule has 0 radical (unpaired) electrons. The SMILES string of the molecule is Cc1cn(CC(C)(C)S(C)(=O)=O)c(NC(C)C)n1. The Morgan fingerprint density at radius 2 is 2.00 bits per heavy atom. The number of nitrogens with one attached hydrogen (secondary N) is 1. The molecule has 0 saturated heterocycles. The molecule has 1 heterocycles. The van der Waals surface area contributed by atoms with Crippen molar-refractivity contribution in [1.82, 2.24) is 9.55 Å². The number of aryl methyl sites for hydroxylation is 1. The van der Waals surface area contributed by atoms with Crippen LogP contribution in [0.5, 0.6) is 0 Å². The largest absolute Gasteiger partial charge is 0.353 e. The van der Waals surface area contributed by atoms with E-state index in [1.807, 2.05) is 31.5 Å². The van der Waals surface area contributed by atoms with Crippen molar-refractivity contribution in [2.24, 2.45) is 0 Å². The first-order valence-electron chi connectivity index (χ1n) is 6.03. The van der Waals surface area contributed by atoms with Gasteiger partial charge in [0.25, 0.3) is 0 Å². The zero-order valence-corrected chi connectivity index (χ0v) is 12.8. The molecule has 1 rings (SSSR count). The highest BCUT2D eigenvalue weighted by Gasteiger charge is 2.31. The van der Waals surface area contributed by atoms with Crippen LogP contribution < -0.4 is 5.32 Å². The molecule has 6 heteroatoms. The summed E-state index contributed by atoms with van der Waals surface area (Å²) in [7, 11) is -3.11. The van der Waals surface area contributed by atoms with E-state index in [9.17, 15) is 8.42 Å². The summed E-state index contributed by atoms with van der Waals surface area (Å²) in [5.74, 6) is 0.722. The number of rotatable bonds is 5. The second kappa shape index (κ2) is 4.91. The number of aromatic nitrogens is 2. The van der Waals surface area contributed by atoms with Gasteiger partial charge in [-0.3, -0.25) is 0 Å². The lowest BCUT2D eigenvalue weighted by Gasteiger charge is -2.24. The molecule has 0 fully saturated rings. The second-order valence-corrected chi connectivity index (χ2v) is 8.31. The standard InChI is InChI=1S/C12H23N3O2S/c1-9(2)13-11-14-10(3)7-15(11)8-12(4,5)18(6,16)17/h7,9H,8H2,1-6H3,(H,13,14). The summed E-state index contributed by atoms with van der Waals surface area (Å²) in [5, 5.41) is 3.23. The van der Waals surface area contributed by atoms with Crippen molar-refractivity contribution in [3.05, 3.63) is 11.9 Å². The van der Waals surface area contributed by atoms with E-state index in [1.54, 1.807) is 13.8 Å². The van der Waals surface area contributed by atoms with Crippen molar-refractivity contribution >= 4 is 15.8 Å². The lowest BCUT2D eigenvalue weighted by atomic mass is 10.2. The van der Waals surface area contributed by atoms with Crippen LogP contribution in [0, 0.1) is 6.92 Å². The van der Waals surface area contributed by atoms with Crippen LogP contribution in [0.15, 0.2) is 6.20 Å². The molecular weight excluding hydrogens is 250 g/mol. The van der Waals surface area contributed by atoms with Crippen LogP contribution in [-0.2, 0) is 16.4 Å². The molecule has 0 amide bonds. The molecule has 104 valence electrons. The van der Waals surface area contributed by atoms with Crippen molar-refractivity contribution in [3.63, 3.8) is 0 Å². The molecule has 0 saturated carbocycles. The van der Waals surface area contributed by atoms with Gasteiger partial charge in [-0.05, 0) is 34.6 Å². The van der Waals surface area contributed by atoms with Crippen molar-refractivity contribution in [2.75, 3.05) is 11.6 Å². The third-order valence-electron chi connectivity index (χ3n) is 2.87. The maximum absolute atomic E-state index is 11.7. The summed E-state index contributed by atoms with van der Waals surface area (Å²) in [5.41, 5.74) is 0.877. The van der Waals surface area contributed by atoms with Crippen molar-refractivity contribution in [1.29, 1.82) is 0 Å². The zero-order valence-electron chi connectivity index (χ0n) is 12.0. The van der Waals surface area contributed by atoms with Gasteiger partial charge in [0.1, 0.15) is 0 Å². The minimum Gasteiger partial charge on any atom is -0.353 e. The Morgan fingerprint density at radius 3 is 2.44 bits per heavy atom. The van der Waals surface area contributed by atoms with E-state index >= 15 is 0 Å². The van der Waals surface area contributed by atoms with Gasteiger partial charge in [0.15, 0.2) is 9.84 Å². The Bertz CT molecular complexity index is 515. The van der Waals surface area contributed by atoms with Crippen LogP contribution in [0.4, 0.5) is 5.95 Å². The molecule has 0 aromatic carbocycles. The number of sulfone groups is 1. The third kappa shape index (κ3) is 3.48. The van der Waals surface area contributed by atoms with Gasteiger partial charge >= 0.3 is 0 Å². The number of imidazole rings is 1. The number of hydrogen-bond donors (Lipinski definition) is 1. The molecule has 1 N–H and O–H groups in total. The Kier molecular flexibility index (Phi) is 4.10. The highest BCUT2D eigenvalue weighted by atomic mass is 32.2. The average Bonchev–Trinajstić information content (AvgIpc) is 2.42. The third-order valence-corrected chi connectivity index (χ3v) is 5.01. The zero-order chi connectivity index (χ0) is 14.1. The van der Waals surface area contributed by atoms with Gasteiger partial charge in [-0.1, -0.05) is 0 Å². The molecule has 0 bridgehead atoms. The number of anilines is 1. The molecule has 0 aliphatic heterocycles. The lowest BCUT2D eigenvalue weighted by molar-refractivity contribution is 0.504. The van der Waals surface area contributed by atoms with Crippen LogP contribution in [-0.4, -0.2) is 35.0 Å². The topological polar surface area (TPSA) is 64.0 Å². The Labute approximate surface area is 110 Å². The highest BCUT2D eigenvalue weighted by molar-refractivity contribution is 7.92. The van der Waals surface area contributed by atoms with Crippen molar-refractivity contribution in [3.8, 4) is 0 Å². The molecule has 5 nitrogen and oxygen atoms in total. The minimum atomic E-state index is -3.11. The molecule has 0 aliphatic carbocycles. The van der Waals surface area contributed by atoms with Crippen LogP contribution in [0.3, 0.4) is 0 Å². The smallest absolute Gasteiger partial charge is 0.203 e. The summed E-state index contributed by atoms with van der Waals surface area (Å²) < 4.78 is 24.5. The maximum atomic E-state index is 11.7. The van der Waals surface area contributed by atoms with Gasteiger partial charge in [0.05, 0.1) is 10.4 Å². The molecule has 18 heavy (non-hydrogen) atoms. The Morgan fingerprint density at radius 1 is 1.44 bits per heavy atom. The van der Waals surface area contributed by atoms with E-state index in [0.717, 1.165) is 11.6 Å². The van der Waals surface area contributed by atoms with E-state index in [4.69, 9.17) is 0 Å². The first-order valence-corrected chi connectivity index (χ1v) is 7.92. The first kappa shape index (κ1) is 15.0. The molecule has 0 unspecified atom stereocenters. The van der Waals surface area contributed by atoms with Gasteiger partial charge in [-0.2, -0.15) is 0 Å². The van der Waals surface area contributed by atoms with Crippen LogP contribution in [0.2, 0.25) is 0 Å². The van der Waals surface area contributed by atoms with Gasteiger partial charge in [0, 0.05) is 25.0 Å². The fourth-order valence-electron chi connectivity index (χ4n) is 1.57. The molecule has 1 aromatic rings.